The second kappa shape index (κ2) is 5.41. The first-order valence-electron chi connectivity index (χ1n) is 5.80. The second-order valence-corrected chi connectivity index (χ2v) is 7.37. The Kier molecular flexibility index (Phi) is 4.74. The summed E-state index contributed by atoms with van der Waals surface area (Å²) in [5.41, 5.74) is 0. The molecule has 0 bridgehead atoms. The van der Waals surface area contributed by atoms with Crippen molar-refractivity contribution in [1.82, 2.24) is 10.0 Å². The number of hydrogen-bond donors (Lipinski definition) is 2. The van der Waals surface area contributed by atoms with Crippen LogP contribution in [0.25, 0.3) is 0 Å². The topological polar surface area (TPSA) is 41.1 Å². The van der Waals surface area contributed by atoms with Crippen LogP contribution in [0.5, 0.6) is 0 Å². The molecule has 90 valence electrons. The van der Waals surface area contributed by atoms with Crippen molar-refractivity contribution in [3.05, 3.63) is 0 Å². The summed E-state index contributed by atoms with van der Waals surface area (Å²) >= 11 is 0. The molecule has 1 saturated heterocycles. The Morgan fingerprint density at radius 1 is 1.33 bits per heavy atom. The van der Waals surface area contributed by atoms with E-state index in [-0.39, 0.29) is 4.75 Å². The molecule has 0 unspecified atom stereocenters. The van der Waals surface area contributed by atoms with E-state index < -0.39 is 11.0 Å². The number of piperidine rings is 1. The SMILES string of the molecule is C[C@H](N[S@@](=O)C(C)(C)C)C1CCNCC1. The highest BCUT2D eigenvalue weighted by molar-refractivity contribution is 7.84. The fraction of sp³-hybridized carbons (Fsp3) is 1.00. The highest BCUT2D eigenvalue weighted by Crippen LogP contribution is 2.18. The highest BCUT2D eigenvalue weighted by atomic mass is 32.2. The molecule has 1 aliphatic rings. The van der Waals surface area contributed by atoms with E-state index >= 15 is 0 Å². The van der Waals surface area contributed by atoms with Gasteiger partial charge in [0.15, 0.2) is 0 Å². The Labute approximate surface area is 96.0 Å². The van der Waals surface area contributed by atoms with Crippen molar-refractivity contribution >= 4 is 11.0 Å². The van der Waals surface area contributed by atoms with Gasteiger partial charge < -0.3 is 5.32 Å². The van der Waals surface area contributed by atoms with Gasteiger partial charge in [-0.25, -0.2) is 8.93 Å². The fourth-order valence-electron chi connectivity index (χ4n) is 1.79. The van der Waals surface area contributed by atoms with E-state index in [0.29, 0.717) is 12.0 Å². The van der Waals surface area contributed by atoms with Crippen LogP contribution in [0, 0.1) is 5.92 Å². The Hall–Kier alpha value is 0.0700. The van der Waals surface area contributed by atoms with Gasteiger partial charge >= 0.3 is 0 Å². The molecule has 0 aromatic rings. The molecule has 0 aromatic carbocycles. The first kappa shape index (κ1) is 13.1. The third-order valence-corrected chi connectivity index (χ3v) is 4.64. The summed E-state index contributed by atoms with van der Waals surface area (Å²) in [5.74, 6) is 0.664. The molecule has 1 rings (SSSR count). The lowest BCUT2D eigenvalue weighted by molar-refractivity contribution is 0.317. The van der Waals surface area contributed by atoms with Gasteiger partial charge in [-0.1, -0.05) is 0 Å². The Morgan fingerprint density at radius 3 is 2.33 bits per heavy atom. The summed E-state index contributed by atoms with van der Waals surface area (Å²) in [7, 11) is -0.940. The van der Waals surface area contributed by atoms with Crippen molar-refractivity contribution in [2.24, 2.45) is 5.92 Å². The summed E-state index contributed by atoms with van der Waals surface area (Å²) < 4.78 is 15.0. The van der Waals surface area contributed by atoms with Crippen molar-refractivity contribution in [1.29, 1.82) is 0 Å². The standard InChI is InChI=1S/C11H24N2OS/c1-9(10-5-7-12-8-6-10)13-15(14)11(2,3)4/h9-10,12-13H,5-8H2,1-4H3/t9-,15-/m0/s1. The Morgan fingerprint density at radius 2 is 1.87 bits per heavy atom. The van der Waals surface area contributed by atoms with Crippen molar-refractivity contribution in [2.75, 3.05) is 13.1 Å². The second-order valence-electron chi connectivity index (χ2n) is 5.38. The maximum Gasteiger partial charge on any atom is 0.0972 e. The van der Waals surface area contributed by atoms with Gasteiger partial charge in [-0.2, -0.15) is 0 Å². The van der Waals surface area contributed by atoms with Crippen LogP contribution in [0.15, 0.2) is 0 Å². The zero-order chi connectivity index (χ0) is 11.5. The number of hydrogen-bond acceptors (Lipinski definition) is 2. The molecule has 2 N–H and O–H groups in total. The highest BCUT2D eigenvalue weighted by Gasteiger charge is 2.25. The average Bonchev–Trinajstić information content (AvgIpc) is 2.17. The molecular weight excluding hydrogens is 208 g/mol. The predicted molar refractivity (Wildman–Crippen MR) is 66.1 cm³/mol. The molecular formula is C11H24N2OS. The van der Waals surface area contributed by atoms with E-state index in [0.717, 1.165) is 13.1 Å². The maximum absolute atomic E-state index is 11.9. The van der Waals surface area contributed by atoms with Crippen LogP contribution in [0.1, 0.15) is 40.5 Å². The van der Waals surface area contributed by atoms with Crippen LogP contribution in [0.2, 0.25) is 0 Å². The summed E-state index contributed by atoms with van der Waals surface area (Å²) in [5, 5.41) is 3.35. The minimum absolute atomic E-state index is 0.165. The van der Waals surface area contributed by atoms with Gasteiger partial charge in [0, 0.05) is 6.04 Å². The average molecular weight is 232 g/mol. The minimum Gasteiger partial charge on any atom is -0.317 e. The molecule has 0 amide bonds. The van der Waals surface area contributed by atoms with Crippen LogP contribution in [-0.4, -0.2) is 28.1 Å². The van der Waals surface area contributed by atoms with E-state index in [2.05, 4.69) is 17.0 Å². The van der Waals surface area contributed by atoms with Crippen molar-refractivity contribution in [2.45, 2.75) is 51.3 Å². The van der Waals surface area contributed by atoms with Gasteiger partial charge in [-0.3, -0.25) is 0 Å². The molecule has 3 nitrogen and oxygen atoms in total. The monoisotopic (exact) mass is 232 g/mol. The van der Waals surface area contributed by atoms with Crippen LogP contribution < -0.4 is 10.0 Å². The molecule has 1 heterocycles. The third kappa shape index (κ3) is 4.21. The van der Waals surface area contributed by atoms with Gasteiger partial charge in [0.2, 0.25) is 0 Å². The predicted octanol–water partition coefficient (Wildman–Crippen LogP) is 1.43. The van der Waals surface area contributed by atoms with Crippen molar-refractivity contribution < 1.29 is 4.21 Å². The van der Waals surface area contributed by atoms with Gasteiger partial charge in [0.1, 0.15) is 0 Å². The minimum atomic E-state index is -0.940. The molecule has 0 aliphatic carbocycles. The number of rotatable bonds is 3. The van der Waals surface area contributed by atoms with Crippen molar-refractivity contribution in [3.63, 3.8) is 0 Å². The molecule has 0 aromatic heterocycles. The van der Waals surface area contributed by atoms with Gasteiger partial charge in [-0.15, -0.1) is 0 Å². The smallest absolute Gasteiger partial charge is 0.0972 e. The summed E-state index contributed by atoms with van der Waals surface area (Å²) in [6, 6.07) is 0.354. The van der Waals surface area contributed by atoms with Gasteiger partial charge in [-0.05, 0) is 59.5 Å². The lowest BCUT2D eigenvalue weighted by atomic mass is 9.92. The van der Waals surface area contributed by atoms with E-state index in [4.69, 9.17) is 0 Å². The normalized spacial score (nSPS) is 23.7. The first-order valence-corrected chi connectivity index (χ1v) is 6.95. The van der Waals surface area contributed by atoms with Gasteiger partial charge in [0.05, 0.1) is 15.7 Å². The van der Waals surface area contributed by atoms with Crippen LogP contribution in [0.3, 0.4) is 0 Å². The van der Waals surface area contributed by atoms with Crippen LogP contribution in [-0.2, 0) is 11.0 Å². The zero-order valence-electron chi connectivity index (χ0n) is 10.3. The van der Waals surface area contributed by atoms with Crippen LogP contribution >= 0.6 is 0 Å². The van der Waals surface area contributed by atoms with Gasteiger partial charge in [0.25, 0.3) is 0 Å². The quantitative estimate of drug-likeness (QED) is 0.773. The van der Waals surface area contributed by atoms with E-state index in [1.165, 1.54) is 12.8 Å². The lowest BCUT2D eigenvalue weighted by Crippen LogP contribution is -2.44. The largest absolute Gasteiger partial charge is 0.317 e. The summed E-state index contributed by atoms with van der Waals surface area (Å²) in [6.07, 6.45) is 2.38. The molecule has 0 radical (unpaired) electrons. The molecule has 0 spiro atoms. The molecule has 1 fully saturated rings. The molecule has 2 atom stereocenters. The maximum atomic E-state index is 11.9. The molecule has 1 aliphatic heterocycles. The fourth-order valence-corrected chi connectivity index (χ4v) is 2.67. The van der Waals surface area contributed by atoms with E-state index in [1.54, 1.807) is 0 Å². The van der Waals surface area contributed by atoms with Crippen LogP contribution in [0.4, 0.5) is 0 Å². The number of nitrogens with one attached hydrogen (secondary N) is 2. The lowest BCUT2D eigenvalue weighted by Gasteiger charge is -2.30. The third-order valence-electron chi connectivity index (χ3n) is 2.94. The van der Waals surface area contributed by atoms with E-state index in [9.17, 15) is 4.21 Å². The summed E-state index contributed by atoms with van der Waals surface area (Å²) in [6.45, 7) is 10.4. The molecule has 4 heteroatoms. The zero-order valence-corrected chi connectivity index (χ0v) is 11.1. The van der Waals surface area contributed by atoms with E-state index in [1.807, 2.05) is 20.8 Å². The Balaban J connectivity index is 2.40. The molecule has 15 heavy (non-hydrogen) atoms. The molecule has 0 saturated carbocycles. The van der Waals surface area contributed by atoms with Crippen molar-refractivity contribution in [3.8, 4) is 0 Å². The Bertz CT molecular complexity index is 219. The first-order chi connectivity index (χ1) is 6.91. The summed E-state index contributed by atoms with van der Waals surface area (Å²) in [4.78, 5) is 0.